The monoisotopic (exact) mass is 497 g/mol. The van der Waals surface area contributed by atoms with Gasteiger partial charge in [-0.05, 0) is 62.5 Å². The number of carbonyl (C=O) groups excluding carboxylic acids is 1. The highest BCUT2D eigenvalue weighted by Crippen LogP contribution is 2.46. The Hall–Kier alpha value is -1.90. The van der Waals surface area contributed by atoms with E-state index in [-0.39, 0.29) is 17.5 Å². The maximum Gasteiger partial charge on any atom is 0.338 e. The van der Waals surface area contributed by atoms with Crippen molar-refractivity contribution in [1.29, 1.82) is 0 Å². The van der Waals surface area contributed by atoms with Crippen LogP contribution in [0.1, 0.15) is 17.3 Å². The van der Waals surface area contributed by atoms with E-state index in [1.54, 1.807) is 31.3 Å². The zero-order valence-electron chi connectivity index (χ0n) is 13.5. The summed E-state index contributed by atoms with van der Waals surface area (Å²) in [6.45, 7) is 2.10. The van der Waals surface area contributed by atoms with Crippen LogP contribution in [0.5, 0.6) is 11.5 Å². The first-order chi connectivity index (χ1) is 12.4. The molecule has 8 heteroatoms. The highest BCUT2D eigenvalue weighted by Gasteiger charge is 2.18. The molecule has 0 radical (unpaired) electrons. The molecule has 0 amide bonds. The van der Waals surface area contributed by atoms with Crippen molar-refractivity contribution < 1.29 is 19.7 Å². The molecule has 26 heavy (non-hydrogen) atoms. The normalized spacial score (nSPS) is 10.7. The van der Waals surface area contributed by atoms with Gasteiger partial charge in [0.1, 0.15) is 5.01 Å². The fourth-order valence-corrected chi connectivity index (χ4v) is 4.26. The number of rotatable bonds is 4. The van der Waals surface area contributed by atoms with E-state index in [2.05, 4.69) is 36.8 Å². The molecule has 0 saturated heterocycles. The summed E-state index contributed by atoms with van der Waals surface area (Å²) in [6.07, 6.45) is 1.73. The van der Waals surface area contributed by atoms with Gasteiger partial charge >= 0.3 is 5.97 Å². The number of aromatic nitrogens is 1. The van der Waals surface area contributed by atoms with E-state index in [1.165, 1.54) is 11.3 Å². The lowest BCUT2D eigenvalue weighted by Gasteiger charge is -2.07. The molecule has 0 atom stereocenters. The molecule has 0 fully saturated rings. The second-order valence-electron chi connectivity index (χ2n) is 5.24. The first-order valence-corrected chi connectivity index (χ1v) is 9.96. The second kappa shape index (κ2) is 7.77. The standard InChI is InChI=1S/C18H13Br2NO4S/c1-2-25-18(24)10-5-3-9(4-6-10)13-8-21-17(26-13)11-7-12(19)15(22)16(23)14(11)20/h3-8,22-23H,2H2,1H3. The lowest BCUT2D eigenvalue weighted by molar-refractivity contribution is 0.0526. The molecule has 0 aliphatic rings. The molecule has 1 aromatic heterocycles. The van der Waals surface area contributed by atoms with Gasteiger partial charge in [-0.3, -0.25) is 0 Å². The van der Waals surface area contributed by atoms with Crippen molar-refractivity contribution in [3.05, 3.63) is 51.0 Å². The quantitative estimate of drug-likeness (QED) is 0.362. The molecule has 0 aliphatic heterocycles. The van der Waals surface area contributed by atoms with E-state index < -0.39 is 0 Å². The number of nitrogens with zero attached hydrogens (tertiary/aromatic N) is 1. The molecule has 2 N–H and O–H groups in total. The molecule has 0 saturated carbocycles. The minimum absolute atomic E-state index is 0.230. The van der Waals surface area contributed by atoms with Gasteiger partial charge in [-0.2, -0.15) is 0 Å². The number of phenols is 2. The van der Waals surface area contributed by atoms with E-state index in [9.17, 15) is 15.0 Å². The summed E-state index contributed by atoms with van der Waals surface area (Å²) in [5.41, 5.74) is 2.07. The average Bonchev–Trinajstić information content (AvgIpc) is 3.13. The van der Waals surface area contributed by atoms with Crippen LogP contribution in [0, 0.1) is 0 Å². The summed E-state index contributed by atoms with van der Waals surface area (Å²) in [5, 5.41) is 20.4. The largest absolute Gasteiger partial charge is 0.503 e. The van der Waals surface area contributed by atoms with Gasteiger partial charge < -0.3 is 14.9 Å². The summed E-state index contributed by atoms with van der Waals surface area (Å²) >= 11 is 7.94. The fraction of sp³-hybridized carbons (Fsp3) is 0.111. The van der Waals surface area contributed by atoms with Crippen molar-refractivity contribution in [3.63, 3.8) is 0 Å². The third-order valence-corrected chi connectivity index (χ3v) is 6.07. The SMILES string of the molecule is CCOC(=O)c1ccc(-c2cnc(-c3cc(Br)c(O)c(O)c3Br)s2)cc1. The molecule has 0 bridgehead atoms. The maximum atomic E-state index is 11.7. The number of hydrogen-bond donors (Lipinski definition) is 2. The number of aromatic hydroxyl groups is 2. The lowest BCUT2D eigenvalue weighted by atomic mass is 10.1. The summed E-state index contributed by atoms with van der Waals surface area (Å²) in [4.78, 5) is 17.0. The lowest BCUT2D eigenvalue weighted by Crippen LogP contribution is -2.03. The molecule has 2 aromatic carbocycles. The number of esters is 1. The molecule has 3 rings (SSSR count). The van der Waals surface area contributed by atoms with E-state index >= 15 is 0 Å². The Morgan fingerprint density at radius 3 is 2.54 bits per heavy atom. The molecule has 3 aromatic rings. The Morgan fingerprint density at radius 1 is 1.19 bits per heavy atom. The second-order valence-corrected chi connectivity index (χ2v) is 7.92. The van der Waals surface area contributed by atoms with Gasteiger partial charge in [0, 0.05) is 11.8 Å². The van der Waals surface area contributed by atoms with Crippen LogP contribution in [0.4, 0.5) is 0 Å². The number of ether oxygens (including phenoxy) is 1. The predicted octanol–water partition coefficient (Wildman–Crippen LogP) is 5.59. The molecule has 0 unspecified atom stereocenters. The molecule has 5 nitrogen and oxygen atoms in total. The zero-order chi connectivity index (χ0) is 18.8. The van der Waals surface area contributed by atoms with Crippen LogP contribution in [0.2, 0.25) is 0 Å². The average molecular weight is 499 g/mol. The Balaban J connectivity index is 1.93. The van der Waals surface area contributed by atoms with Crippen molar-refractivity contribution >= 4 is 49.2 Å². The Bertz CT molecular complexity index is 970. The third-order valence-electron chi connectivity index (χ3n) is 3.58. The van der Waals surface area contributed by atoms with Gasteiger partial charge in [0.15, 0.2) is 11.5 Å². The number of hydrogen-bond acceptors (Lipinski definition) is 6. The van der Waals surface area contributed by atoms with Crippen LogP contribution in [-0.2, 0) is 4.74 Å². The van der Waals surface area contributed by atoms with Crippen molar-refractivity contribution in [1.82, 2.24) is 4.98 Å². The minimum Gasteiger partial charge on any atom is -0.503 e. The fourth-order valence-electron chi connectivity index (χ4n) is 2.28. The highest BCUT2D eigenvalue weighted by atomic mass is 79.9. The van der Waals surface area contributed by atoms with E-state index in [0.29, 0.717) is 31.7 Å². The van der Waals surface area contributed by atoms with Gasteiger partial charge in [-0.1, -0.05) is 12.1 Å². The zero-order valence-corrected chi connectivity index (χ0v) is 17.5. The van der Waals surface area contributed by atoms with Gasteiger partial charge in [-0.15, -0.1) is 11.3 Å². The van der Waals surface area contributed by atoms with Gasteiger partial charge in [0.05, 0.1) is 26.0 Å². The molecule has 0 spiro atoms. The predicted molar refractivity (Wildman–Crippen MR) is 108 cm³/mol. The van der Waals surface area contributed by atoms with Gasteiger partial charge in [0.2, 0.25) is 0 Å². The van der Waals surface area contributed by atoms with Crippen LogP contribution < -0.4 is 0 Å². The molecule has 0 aliphatic carbocycles. The first kappa shape index (κ1) is 18.9. The minimum atomic E-state index is -0.350. The van der Waals surface area contributed by atoms with E-state index in [4.69, 9.17) is 4.74 Å². The molecular weight excluding hydrogens is 486 g/mol. The van der Waals surface area contributed by atoms with Gasteiger partial charge in [-0.25, -0.2) is 9.78 Å². The van der Waals surface area contributed by atoms with Crippen molar-refractivity contribution in [2.24, 2.45) is 0 Å². The Kier molecular flexibility index (Phi) is 5.64. The number of thiazole rings is 1. The first-order valence-electron chi connectivity index (χ1n) is 7.56. The summed E-state index contributed by atoms with van der Waals surface area (Å²) < 4.78 is 5.73. The number of benzene rings is 2. The summed E-state index contributed by atoms with van der Waals surface area (Å²) in [7, 11) is 0. The molecular formula is C18H13Br2NO4S. The highest BCUT2D eigenvalue weighted by molar-refractivity contribution is 9.11. The number of halogens is 2. The van der Waals surface area contributed by atoms with Crippen LogP contribution in [0.15, 0.2) is 45.5 Å². The van der Waals surface area contributed by atoms with Gasteiger partial charge in [0.25, 0.3) is 0 Å². The smallest absolute Gasteiger partial charge is 0.338 e. The number of phenolic OH excluding ortho intramolecular Hbond substituents is 2. The Labute approximate surface area is 170 Å². The Morgan fingerprint density at radius 2 is 1.88 bits per heavy atom. The van der Waals surface area contributed by atoms with E-state index in [0.717, 1.165) is 10.4 Å². The van der Waals surface area contributed by atoms with Crippen LogP contribution >= 0.6 is 43.2 Å². The van der Waals surface area contributed by atoms with Crippen molar-refractivity contribution in [3.8, 4) is 32.5 Å². The molecule has 1 heterocycles. The maximum absolute atomic E-state index is 11.7. The van der Waals surface area contributed by atoms with Crippen LogP contribution in [0.3, 0.4) is 0 Å². The number of carbonyl (C=O) groups is 1. The van der Waals surface area contributed by atoms with Crippen molar-refractivity contribution in [2.75, 3.05) is 6.61 Å². The third kappa shape index (κ3) is 3.62. The summed E-state index contributed by atoms with van der Waals surface area (Å²) in [5.74, 6) is -0.825. The van der Waals surface area contributed by atoms with Crippen LogP contribution in [-0.4, -0.2) is 27.8 Å². The van der Waals surface area contributed by atoms with E-state index in [1.807, 2.05) is 12.1 Å². The topological polar surface area (TPSA) is 79.7 Å². The molecule has 134 valence electrons. The van der Waals surface area contributed by atoms with Crippen molar-refractivity contribution in [2.45, 2.75) is 6.92 Å². The van der Waals surface area contributed by atoms with Crippen LogP contribution in [0.25, 0.3) is 21.0 Å². The summed E-state index contributed by atoms with van der Waals surface area (Å²) in [6, 6.07) is 8.79.